The van der Waals surface area contributed by atoms with Crippen molar-refractivity contribution in [3.05, 3.63) is 0 Å². The molecule has 1 saturated heterocycles. The van der Waals surface area contributed by atoms with Crippen LogP contribution in [0.4, 0.5) is 0 Å². The van der Waals surface area contributed by atoms with Crippen LogP contribution in [0.3, 0.4) is 0 Å². The topological polar surface area (TPSA) is 50.8 Å². The van der Waals surface area contributed by atoms with Gasteiger partial charge < -0.3 is 15.4 Å². The smallest absolute Gasteiger partial charge is 0.191 e. The second-order valence-corrected chi connectivity index (χ2v) is 5.51. The monoisotopic (exact) mass is 367 g/mol. The molecule has 0 aromatic rings. The lowest BCUT2D eigenvalue weighted by Gasteiger charge is -2.40. The number of rotatable bonds is 3. The fourth-order valence-corrected chi connectivity index (χ4v) is 2.68. The molecule has 2 rings (SSSR count). The van der Waals surface area contributed by atoms with Crippen molar-refractivity contribution in [2.75, 3.05) is 26.2 Å². The Bertz CT molecular complexity index is 286. The third-order valence-electron chi connectivity index (χ3n) is 4.31. The Labute approximate surface area is 127 Å². The number of aliphatic imine (C=N–C) groups is 1. The highest BCUT2D eigenvalue weighted by Crippen LogP contribution is 2.43. The maximum atomic E-state index is 6.07. The van der Waals surface area contributed by atoms with Crippen LogP contribution in [-0.2, 0) is 4.74 Å². The van der Waals surface area contributed by atoms with Crippen LogP contribution in [0.1, 0.15) is 39.5 Å². The van der Waals surface area contributed by atoms with Crippen molar-refractivity contribution in [2.45, 2.75) is 45.6 Å². The van der Waals surface area contributed by atoms with E-state index >= 15 is 0 Å². The Morgan fingerprint density at radius 3 is 2.72 bits per heavy atom. The van der Waals surface area contributed by atoms with Crippen LogP contribution in [0.5, 0.6) is 0 Å². The van der Waals surface area contributed by atoms with E-state index in [4.69, 9.17) is 10.5 Å². The molecule has 4 nitrogen and oxygen atoms in total. The number of guanidine groups is 1. The van der Waals surface area contributed by atoms with Crippen LogP contribution in [0.2, 0.25) is 0 Å². The van der Waals surface area contributed by atoms with E-state index in [1.807, 2.05) is 0 Å². The standard InChI is InChI=1S/C13H25N3O.HI/c1-3-13(5-4-6-13)10-15-12(14)16-7-8-17-11(2)9-16;/h11H,3-10H2,1-2H3,(H2,14,15);1H. The molecule has 0 amide bonds. The first-order valence-corrected chi connectivity index (χ1v) is 6.82. The zero-order valence-electron chi connectivity index (χ0n) is 11.5. The molecule has 2 aliphatic rings. The SMILES string of the molecule is CCC1(CN=C(N)N2CCOC(C)C2)CCC1.I. The molecule has 2 fully saturated rings. The summed E-state index contributed by atoms with van der Waals surface area (Å²) in [5, 5.41) is 0. The first-order valence-electron chi connectivity index (χ1n) is 6.82. The summed E-state index contributed by atoms with van der Waals surface area (Å²) in [7, 11) is 0. The molecule has 0 aromatic carbocycles. The first kappa shape index (κ1) is 16.0. The van der Waals surface area contributed by atoms with Gasteiger partial charge in [-0.25, -0.2) is 0 Å². The minimum Gasteiger partial charge on any atom is -0.375 e. The van der Waals surface area contributed by atoms with Crippen molar-refractivity contribution in [2.24, 2.45) is 16.1 Å². The average Bonchev–Trinajstić information content (AvgIpc) is 2.28. The zero-order valence-corrected chi connectivity index (χ0v) is 13.9. The Morgan fingerprint density at radius 1 is 1.50 bits per heavy atom. The van der Waals surface area contributed by atoms with Crippen molar-refractivity contribution >= 4 is 29.9 Å². The highest BCUT2D eigenvalue weighted by Gasteiger charge is 2.34. The van der Waals surface area contributed by atoms with Crippen LogP contribution in [-0.4, -0.2) is 43.2 Å². The van der Waals surface area contributed by atoms with Gasteiger partial charge in [-0.2, -0.15) is 0 Å². The van der Waals surface area contributed by atoms with Gasteiger partial charge >= 0.3 is 0 Å². The second-order valence-electron chi connectivity index (χ2n) is 5.51. The lowest BCUT2D eigenvalue weighted by molar-refractivity contribution is 0.00512. The Morgan fingerprint density at radius 2 is 2.22 bits per heavy atom. The van der Waals surface area contributed by atoms with Gasteiger partial charge in [-0.3, -0.25) is 4.99 Å². The van der Waals surface area contributed by atoms with E-state index < -0.39 is 0 Å². The molecule has 0 aromatic heterocycles. The summed E-state index contributed by atoms with van der Waals surface area (Å²) >= 11 is 0. The average molecular weight is 367 g/mol. The van der Waals surface area contributed by atoms with Crippen LogP contribution >= 0.6 is 24.0 Å². The van der Waals surface area contributed by atoms with E-state index in [2.05, 4.69) is 23.7 Å². The van der Waals surface area contributed by atoms with Gasteiger partial charge in [0.2, 0.25) is 0 Å². The van der Waals surface area contributed by atoms with Crippen LogP contribution in [0, 0.1) is 5.41 Å². The highest BCUT2D eigenvalue weighted by atomic mass is 127. The Hall–Kier alpha value is -0.0400. The number of hydrogen-bond acceptors (Lipinski definition) is 2. The molecule has 5 heteroatoms. The normalized spacial score (nSPS) is 27.3. The molecule has 18 heavy (non-hydrogen) atoms. The summed E-state index contributed by atoms with van der Waals surface area (Å²) < 4.78 is 5.50. The van der Waals surface area contributed by atoms with Crippen molar-refractivity contribution < 1.29 is 4.74 Å². The number of nitrogens with zero attached hydrogens (tertiary/aromatic N) is 2. The molecule has 1 heterocycles. The largest absolute Gasteiger partial charge is 0.375 e. The fourth-order valence-electron chi connectivity index (χ4n) is 2.68. The van der Waals surface area contributed by atoms with Gasteiger partial charge in [-0.1, -0.05) is 13.3 Å². The lowest BCUT2D eigenvalue weighted by Crippen LogP contribution is -2.48. The van der Waals surface area contributed by atoms with Gasteiger partial charge in [0.15, 0.2) is 5.96 Å². The lowest BCUT2D eigenvalue weighted by atomic mass is 9.67. The molecule has 0 radical (unpaired) electrons. The van der Waals surface area contributed by atoms with Gasteiger partial charge in [0.1, 0.15) is 0 Å². The summed E-state index contributed by atoms with van der Waals surface area (Å²) in [5.41, 5.74) is 6.53. The molecule has 2 N–H and O–H groups in total. The Balaban J connectivity index is 0.00000162. The van der Waals surface area contributed by atoms with E-state index in [1.165, 1.54) is 25.7 Å². The molecule has 1 saturated carbocycles. The fraction of sp³-hybridized carbons (Fsp3) is 0.923. The van der Waals surface area contributed by atoms with Gasteiger partial charge in [-0.15, -0.1) is 24.0 Å². The third-order valence-corrected chi connectivity index (χ3v) is 4.31. The van der Waals surface area contributed by atoms with Gasteiger partial charge in [0, 0.05) is 19.6 Å². The predicted octanol–water partition coefficient (Wildman–Crippen LogP) is 2.22. The quantitative estimate of drug-likeness (QED) is 0.473. The predicted molar refractivity (Wildman–Crippen MR) is 85.5 cm³/mol. The van der Waals surface area contributed by atoms with E-state index in [1.54, 1.807) is 0 Å². The van der Waals surface area contributed by atoms with Crippen LogP contribution in [0.15, 0.2) is 4.99 Å². The van der Waals surface area contributed by atoms with E-state index in [9.17, 15) is 0 Å². The summed E-state index contributed by atoms with van der Waals surface area (Å²) in [6.45, 7) is 7.76. The van der Waals surface area contributed by atoms with Crippen molar-refractivity contribution in [3.8, 4) is 0 Å². The van der Waals surface area contributed by atoms with Crippen molar-refractivity contribution in [1.29, 1.82) is 0 Å². The molecule has 0 spiro atoms. The molecular weight excluding hydrogens is 341 g/mol. The molecule has 1 unspecified atom stereocenters. The Kier molecular flexibility index (Phi) is 6.17. The summed E-state index contributed by atoms with van der Waals surface area (Å²) in [5.74, 6) is 0.708. The maximum Gasteiger partial charge on any atom is 0.191 e. The van der Waals surface area contributed by atoms with Gasteiger partial charge in [-0.05, 0) is 31.6 Å². The molecular formula is C13H26IN3O. The van der Waals surface area contributed by atoms with Crippen molar-refractivity contribution in [3.63, 3.8) is 0 Å². The van der Waals surface area contributed by atoms with E-state index in [0.29, 0.717) is 11.4 Å². The molecule has 1 atom stereocenters. The maximum absolute atomic E-state index is 6.07. The van der Waals surface area contributed by atoms with Crippen LogP contribution < -0.4 is 5.73 Å². The number of morpholine rings is 1. The summed E-state index contributed by atoms with van der Waals surface area (Å²) in [6.07, 6.45) is 5.49. The van der Waals surface area contributed by atoms with E-state index in [-0.39, 0.29) is 30.1 Å². The minimum absolute atomic E-state index is 0. The molecule has 1 aliphatic carbocycles. The molecule has 106 valence electrons. The second kappa shape index (κ2) is 6.93. The van der Waals surface area contributed by atoms with Crippen molar-refractivity contribution in [1.82, 2.24) is 4.90 Å². The number of nitrogens with two attached hydrogens (primary N) is 1. The number of ether oxygens (including phenoxy) is 1. The zero-order chi connectivity index (χ0) is 12.3. The van der Waals surface area contributed by atoms with Gasteiger partial charge in [0.25, 0.3) is 0 Å². The summed E-state index contributed by atoms with van der Waals surface area (Å²) in [6, 6.07) is 0. The highest BCUT2D eigenvalue weighted by molar-refractivity contribution is 14.0. The number of halogens is 1. The first-order chi connectivity index (χ1) is 8.15. The summed E-state index contributed by atoms with van der Waals surface area (Å²) in [4.78, 5) is 6.76. The molecule has 1 aliphatic heterocycles. The van der Waals surface area contributed by atoms with Gasteiger partial charge in [0.05, 0.1) is 12.7 Å². The molecule has 0 bridgehead atoms. The number of hydrogen-bond donors (Lipinski definition) is 1. The third kappa shape index (κ3) is 3.73. The van der Waals surface area contributed by atoms with Crippen LogP contribution in [0.25, 0.3) is 0 Å². The minimum atomic E-state index is 0. The van der Waals surface area contributed by atoms with E-state index in [0.717, 1.165) is 26.2 Å².